The van der Waals surface area contributed by atoms with Crippen LogP contribution in [0.1, 0.15) is 46.5 Å². The van der Waals surface area contributed by atoms with Crippen LogP contribution < -0.4 is 10.4 Å². The van der Waals surface area contributed by atoms with Gasteiger partial charge in [0.15, 0.2) is 0 Å². The average molecular weight is 381 g/mol. The Morgan fingerprint density at radius 2 is 1.44 bits per heavy atom. The highest BCUT2D eigenvalue weighted by atomic mass is 28.4. The van der Waals surface area contributed by atoms with Gasteiger partial charge in [-0.3, -0.25) is 0 Å². The minimum atomic E-state index is -2.49. The Morgan fingerprint density at radius 1 is 0.926 bits per heavy atom. The summed E-state index contributed by atoms with van der Waals surface area (Å²) in [5, 5.41) is 2.60. The van der Waals surface area contributed by atoms with Crippen LogP contribution in [0.4, 0.5) is 0 Å². The number of aldehydes is 1. The first-order chi connectivity index (χ1) is 13.0. The van der Waals surface area contributed by atoms with Gasteiger partial charge >= 0.3 is 0 Å². The third kappa shape index (κ3) is 4.09. The van der Waals surface area contributed by atoms with Crippen LogP contribution >= 0.6 is 0 Å². The minimum Gasteiger partial charge on any atom is -0.407 e. The minimum absolute atomic E-state index is 0.0128. The van der Waals surface area contributed by atoms with E-state index in [-0.39, 0.29) is 11.0 Å². The third-order valence-electron chi connectivity index (χ3n) is 6.07. The second-order valence-corrected chi connectivity index (χ2v) is 13.1. The highest BCUT2D eigenvalue weighted by Crippen LogP contribution is 2.38. The number of benzene rings is 2. The van der Waals surface area contributed by atoms with E-state index in [4.69, 9.17) is 4.43 Å². The fourth-order valence-electron chi connectivity index (χ4n) is 4.62. The zero-order chi connectivity index (χ0) is 19.3. The summed E-state index contributed by atoms with van der Waals surface area (Å²) in [4.78, 5) is 11.6. The van der Waals surface area contributed by atoms with Crippen molar-refractivity contribution in [1.29, 1.82) is 0 Å². The van der Waals surface area contributed by atoms with E-state index in [1.165, 1.54) is 29.5 Å². The number of rotatable bonds is 6. The Hall–Kier alpha value is -1.71. The molecule has 3 heteroatoms. The molecule has 0 bridgehead atoms. The van der Waals surface area contributed by atoms with Crippen molar-refractivity contribution in [3.8, 4) is 0 Å². The lowest BCUT2D eigenvalue weighted by atomic mass is 9.81. The molecule has 2 nitrogen and oxygen atoms in total. The molecule has 2 atom stereocenters. The molecule has 0 radical (unpaired) electrons. The van der Waals surface area contributed by atoms with Crippen molar-refractivity contribution >= 4 is 25.0 Å². The molecule has 0 spiro atoms. The van der Waals surface area contributed by atoms with Gasteiger partial charge in [0, 0.05) is 12.5 Å². The number of hydrogen-bond acceptors (Lipinski definition) is 2. The highest BCUT2D eigenvalue weighted by Gasteiger charge is 2.50. The quantitative estimate of drug-likeness (QED) is 0.542. The Kier molecular flexibility index (Phi) is 6.33. The van der Waals surface area contributed by atoms with Crippen molar-refractivity contribution in [2.75, 3.05) is 6.61 Å². The number of carbonyl (C=O) groups excluding carboxylic acids is 1. The zero-order valence-corrected chi connectivity index (χ0v) is 17.9. The van der Waals surface area contributed by atoms with Crippen LogP contribution in [0, 0.1) is 11.8 Å². The lowest BCUT2D eigenvalue weighted by molar-refractivity contribution is -0.114. The van der Waals surface area contributed by atoms with Gasteiger partial charge in [0.25, 0.3) is 8.32 Å². The van der Waals surface area contributed by atoms with E-state index in [2.05, 4.69) is 81.4 Å². The van der Waals surface area contributed by atoms with Crippen LogP contribution in [0.3, 0.4) is 0 Å². The first kappa shape index (κ1) is 20.0. The second-order valence-electron chi connectivity index (χ2n) is 8.82. The summed E-state index contributed by atoms with van der Waals surface area (Å²) in [5.41, 5.74) is 0. The van der Waals surface area contributed by atoms with E-state index in [0.29, 0.717) is 12.5 Å². The molecule has 1 aliphatic rings. The SMILES string of the molecule is CC(C)(C)[Si](OC[C@H]1CCCC[C@H]1C=O)(c1ccccc1)c1ccccc1. The highest BCUT2D eigenvalue weighted by molar-refractivity contribution is 6.99. The van der Waals surface area contributed by atoms with Crippen molar-refractivity contribution in [1.82, 2.24) is 0 Å². The Balaban J connectivity index is 2.02. The standard InChI is InChI=1S/C24H32O2Si/c1-24(2,3)27(22-14-6-4-7-15-22,23-16-8-5-9-17-23)26-19-21-13-11-10-12-20(21)18-25/h4-9,14-18,20-21H,10-13,19H2,1-3H3/t20-,21+/m0/s1. The van der Waals surface area contributed by atoms with Crippen LogP contribution in [0.15, 0.2) is 60.7 Å². The van der Waals surface area contributed by atoms with Crippen LogP contribution in [0.25, 0.3) is 0 Å². The summed E-state index contributed by atoms with van der Waals surface area (Å²) in [6, 6.07) is 21.5. The fraction of sp³-hybridized carbons (Fsp3) is 0.458. The molecule has 0 aliphatic heterocycles. The monoisotopic (exact) mass is 380 g/mol. The molecule has 3 rings (SSSR count). The van der Waals surface area contributed by atoms with E-state index >= 15 is 0 Å². The summed E-state index contributed by atoms with van der Waals surface area (Å²) in [6.07, 6.45) is 5.65. The molecule has 2 aromatic carbocycles. The topological polar surface area (TPSA) is 26.3 Å². The van der Waals surface area contributed by atoms with Crippen LogP contribution in [0.2, 0.25) is 5.04 Å². The van der Waals surface area contributed by atoms with Gasteiger partial charge < -0.3 is 9.22 Å². The van der Waals surface area contributed by atoms with Gasteiger partial charge in [0.1, 0.15) is 6.29 Å². The Bertz CT molecular complexity index is 682. The second kappa shape index (κ2) is 8.53. The lowest BCUT2D eigenvalue weighted by Crippen LogP contribution is -2.67. The molecule has 0 aromatic heterocycles. The summed E-state index contributed by atoms with van der Waals surface area (Å²) in [7, 11) is -2.49. The molecule has 0 saturated heterocycles. The maximum absolute atomic E-state index is 11.6. The molecule has 0 unspecified atom stereocenters. The van der Waals surface area contributed by atoms with Gasteiger partial charge in [-0.2, -0.15) is 0 Å². The molecule has 27 heavy (non-hydrogen) atoms. The van der Waals surface area contributed by atoms with E-state index in [1.54, 1.807) is 0 Å². The van der Waals surface area contributed by atoms with Crippen molar-refractivity contribution in [2.24, 2.45) is 11.8 Å². The largest absolute Gasteiger partial charge is 0.407 e. The van der Waals surface area contributed by atoms with Gasteiger partial charge in [-0.05, 0) is 34.2 Å². The molecule has 2 aromatic rings. The average Bonchev–Trinajstić information content (AvgIpc) is 2.69. The van der Waals surface area contributed by atoms with Gasteiger partial charge in [-0.15, -0.1) is 0 Å². The summed E-state index contributed by atoms with van der Waals surface area (Å²) >= 11 is 0. The third-order valence-corrected chi connectivity index (χ3v) is 11.1. The maximum atomic E-state index is 11.6. The van der Waals surface area contributed by atoms with Crippen LogP contribution in [-0.4, -0.2) is 21.2 Å². The molecule has 0 N–H and O–H groups in total. The van der Waals surface area contributed by atoms with Crippen LogP contribution in [-0.2, 0) is 9.22 Å². The lowest BCUT2D eigenvalue weighted by Gasteiger charge is -2.44. The maximum Gasteiger partial charge on any atom is 0.261 e. The van der Waals surface area contributed by atoms with E-state index < -0.39 is 8.32 Å². The zero-order valence-electron chi connectivity index (χ0n) is 16.9. The fourth-order valence-corrected chi connectivity index (χ4v) is 9.24. The first-order valence-electron chi connectivity index (χ1n) is 10.2. The normalized spacial score (nSPS) is 21.0. The molecule has 144 valence electrons. The first-order valence-corrected chi connectivity index (χ1v) is 12.1. The van der Waals surface area contributed by atoms with E-state index in [1.807, 2.05) is 0 Å². The summed E-state index contributed by atoms with van der Waals surface area (Å²) < 4.78 is 7.02. The van der Waals surface area contributed by atoms with Crippen molar-refractivity contribution < 1.29 is 9.22 Å². The van der Waals surface area contributed by atoms with Gasteiger partial charge in [-0.25, -0.2) is 0 Å². The molecule has 1 aliphatic carbocycles. The smallest absolute Gasteiger partial charge is 0.261 e. The van der Waals surface area contributed by atoms with E-state index in [9.17, 15) is 4.79 Å². The number of carbonyl (C=O) groups is 1. The Morgan fingerprint density at radius 3 is 1.93 bits per heavy atom. The molecular weight excluding hydrogens is 348 g/mol. The summed E-state index contributed by atoms with van der Waals surface area (Å²) in [6.45, 7) is 7.59. The molecule has 0 heterocycles. The Labute approximate surface area is 165 Å². The molecule has 1 fully saturated rings. The van der Waals surface area contributed by atoms with Crippen LogP contribution in [0.5, 0.6) is 0 Å². The van der Waals surface area contributed by atoms with Gasteiger partial charge in [-0.1, -0.05) is 94.3 Å². The molecule has 1 saturated carbocycles. The number of hydrogen-bond donors (Lipinski definition) is 0. The predicted molar refractivity (Wildman–Crippen MR) is 115 cm³/mol. The molecule has 0 amide bonds. The van der Waals surface area contributed by atoms with Crippen molar-refractivity contribution in [3.05, 3.63) is 60.7 Å². The van der Waals surface area contributed by atoms with Gasteiger partial charge in [0.05, 0.1) is 0 Å². The van der Waals surface area contributed by atoms with Gasteiger partial charge in [0.2, 0.25) is 0 Å². The van der Waals surface area contributed by atoms with Crippen molar-refractivity contribution in [3.63, 3.8) is 0 Å². The molecular formula is C24H32O2Si. The van der Waals surface area contributed by atoms with E-state index in [0.717, 1.165) is 12.8 Å². The van der Waals surface area contributed by atoms with Crippen molar-refractivity contribution in [2.45, 2.75) is 51.5 Å². The predicted octanol–water partition coefficient (Wildman–Crippen LogP) is 4.57. The summed E-state index contributed by atoms with van der Waals surface area (Å²) in [5.74, 6) is 0.495.